The van der Waals surface area contributed by atoms with Crippen LogP contribution in [-0.2, 0) is 19.1 Å². The molecule has 0 heterocycles. The summed E-state index contributed by atoms with van der Waals surface area (Å²) in [4.78, 5) is 34.6. The van der Waals surface area contributed by atoms with Gasteiger partial charge in [0.1, 0.15) is 5.75 Å². The lowest BCUT2D eigenvalue weighted by Gasteiger charge is -2.03. The summed E-state index contributed by atoms with van der Waals surface area (Å²) in [6.07, 6.45) is 5.45. The summed E-state index contributed by atoms with van der Waals surface area (Å²) in [7, 11) is 1.42. The highest BCUT2D eigenvalue weighted by Gasteiger charge is 2.04. The number of hydrogen-bond donors (Lipinski definition) is 1. The SMILES string of the molecule is COc1cc(/C=C/C(=O)COC(=O)/C=C/c2cccc(OC(C)=O)c2)ccc1O. The van der Waals surface area contributed by atoms with Gasteiger partial charge in [0.05, 0.1) is 7.11 Å². The van der Waals surface area contributed by atoms with Crippen LogP contribution in [0.2, 0.25) is 0 Å². The van der Waals surface area contributed by atoms with Crippen molar-refractivity contribution in [2.75, 3.05) is 13.7 Å². The van der Waals surface area contributed by atoms with E-state index in [-0.39, 0.29) is 11.5 Å². The van der Waals surface area contributed by atoms with Crippen LogP contribution in [0.4, 0.5) is 0 Å². The Balaban J connectivity index is 1.86. The van der Waals surface area contributed by atoms with Crippen LogP contribution in [0.5, 0.6) is 17.2 Å². The van der Waals surface area contributed by atoms with E-state index in [0.29, 0.717) is 16.9 Å². The lowest BCUT2D eigenvalue weighted by atomic mass is 10.1. The van der Waals surface area contributed by atoms with Gasteiger partial charge in [0, 0.05) is 13.0 Å². The molecule has 29 heavy (non-hydrogen) atoms. The zero-order valence-corrected chi connectivity index (χ0v) is 16.0. The quantitative estimate of drug-likeness (QED) is 0.416. The first-order chi connectivity index (χ1) is 13.9. The second-order valence-corrected chi connectivity index (χ2v) is 5.84. The van der Waals surface area contributed by atoms with Crippen LogP contribution in [0.15, 0.2) is 54.6 Å². The largest absolute Gasteiger partial charge is 0.504 e. The number of phenolic OH excluding ortho intramolecular Hbond substituents is 1. The molecule has 0 radical (unpaired) electrons. The van der Waals surface area contributed by atoms with E-state index < -0.39 is 24.3 Å². The number of benzene rings is 2. The van der Waals surface area contributed by atoms with Crippen LogP contribution in [0, 0.1) is 0 Å². The smallest absolute Gasteiger partial charge is 0.331 e. The Kier molecular flexibility index (Phi) is 7.73. The predicted molar refractivity (Wildman–Crippen MR) is 106 cm³/mol. The molecule has 7 heteroatoms. The van der Waals surface area contributed by atoms with Crippen LogP contribution in [-0.4, -0.2) is 36.5 Å². The summed E-state index contributed by atoms with van der Waals surface area (Å²) in [6.45, 7) is 0.881. The molecule has 2 aromatic rings. The molecule has 0 atom stereocenters. The molecule has 150 valence electrons. The van der Waals surface area contributed by atoms with Gasteiger partial charge in [-0.1, -0.05) is 24.3 Å². The minimum Gasteiger partial charge on any atom is -0.504 e. The van der Waals surface area contributed by atoms with Crippen molar-refractivity contribution < 1.29 is 33.7 Å². The number of ether oxygens (including phenoxy) is 3. The minimum atomic E-state index is -0.684. The molecule has 2 aromatic carbocycles. The third kappa shape index (κ3) is 7.34. The van der Waals surface area contributed by atoms with Gasteiger partial charge < -0.3 is 19.3 Å². The molecule has 0 aromatic heterocycles. The Morgan fingerprint density at radius 2 is 1.72 bits per heavy atom. The first-order valence-corrected chi connectivity index (χ1v) is 8.58. The number of ketones is 1. The van der Waals surface area contributed by atoms with Gasteiger partial charge in [-0.05, 0) is 47.5 Å². The number of carbonyl (C=O) groups excluding carboxylic acids is 3. The molecule has 0 aliphatic rings. The number of methoxy groups -OCH3 is 1. The van der Waals surface area contributed by atoms with Crippen molar-refractivity contribution in [3.05, 3.63) is 65.7 Å². The van der Waals surface area contributed by atoms with Crippen molar-refractivity contribution in [2.24, 2.45) is 0 Å². The fraction of sp³-hybridized carbons (Fsp3) is 0.136. The molecular weight excluding hydrogens is 376 g/mol. The third-order valence-corrected chi connectivity index (χ3v) is 3.55. The first kappa shape index (κ1) is 21.4. The van der Waals surface area contributed by atoms with E-state index in [2.05, 4.69) is 0 Å². The lowest BCUT2D eigenvalue weighted by Crippen LogP contribution is -2.09. The lowest BCUT2D eigenvalue weighted by molar-refractivity contribution is -0.141. The standard InChI is InChI=1S/C22H20O7/c1-15(23)29-19-5-3-4-16(12-19)8-11-22(26)28-14-18(24)9-6-17-7-10-20(25)21(13-17)27-2/h3-13,25H,14H2,1-2H3/b9-6+,11-8+. The van der Waals surface area contributed by atoms with Gasteiger partial charge in [-0.25, -0.2) is 4.79 Å². The Labute approximate surface area is 167 Å². The number of hydrogen-bond acceptors (Lipinski definition) is 7. The summed E-state index contributed by atoms with van der Waals surface area (Å²) in [6, 6.07) is 11.2. The molecule has 0 unspecified atom stereocenters. The molecule has 1 N–H and O–H groups in total. The zero-order valence-electron chi connectivity index (χ0n) is 16.0. The van der Waals surface area contributed by atoms with Gasteiger partial charge in [-0.2, -0.15) is 0 Å². The maximum absolute atomic E-state index is 11.8. The highest BCUT2D eigenvalue weighted by molar-refractivity contribution is 5.96. The van der Waals surface area contributed by atoms with E-state index in [1.807, 2.05) is 0 Å². The summed E-state index contributed by atoms with van der Waals surface area (Å²) >= 11 is 0. The highest BCUT2D eigenvalue weighted by Crippen LogP contribution is 2.26. The summed E-state index contributed by atoms with van der Waals surface area (Å²) in [5.74, 6) is -0.891. The Hall–Kier alpha value is -3.87. The molecule has 0 saturated heterocycles. The van der Waals surface area contributed by atoms with Gasteiger partial charge in [-0.3, -0.25) is 9.59 Å². The normalized spacial score (nSPS) is 10.8. The van der Waals surface area contributed by atoms with Crippen molar-refractivity contribution in [3.8, 4) is 17.2 Å². The van der Waals surface area contributed by atoms with E-state index in [9.17, 15) is 19.5 Å². The van der Waals surface area contributed by atoms with Gasteiger partial charge in [-0.15, -0.1) is 0 Å². The average Bonchev–Trinajstić information content (AvgIpc) is 2.69. The van der Waals surface area contributed by atoms with E-state index in [4.69, 9.17) is 14.2 Å². The molecule has 7 nitrogen and oxygen atoms in total. The molecular formula is C22H20O7. The van der Waals surface area contributed by atoms with Crippen LogP contribution in [0.1, 0.15) is 18.1 Å². The Bertz CT molecular complexity index is 957. The molecule has 0 aliphatic carbocycles. The maximum Gasteiger partial charge on any atom is 0.331 e. The second-order valence-electron chi connectivity index (χ2n) is 5.84. The van der Waals surface area contributed by atoms with Crippen LogP contribution < -0.4 is 9.47 Å². The van der Waals surface area contributed by atoms with Crippen molar-refractivity contribution >= 4 is 29.9 Å². The van der Waals surface area contributed by atoms with E-state index in [1.165, 1.54) is 44.4 Å². The van der Waals surface area contributed by atoms with Gasteiger partial charge in [0.25, 0.3) is 0 Å². The van der Waals surface area contributed by atoms with Crippen molar-refractivity contribution in [3.63, 3.8) is 0 Å². The number of phenols is 1. The highest BCUT2D eigenvalue weighted by atomic mass is 16.5. The van der Waals surface area contributed by atoms with Gasteiger partial charge in [0.15, 0.2) is 23.9 Å². The van der Waals surface area contributed by atoms with Crippen LogP contribution in [0.3, 0.4) is 0 Å². The number of rotatable bonds is 8. The molecule has 0 aliphatic heterocycles. The van der Waals surface area contributed by atoms with E-state index >= 15 is 0 Å². The van der Waals surface area contributed by atoms with Crippen molar-refractivity contribution in [1.82, 2.24) is 0 Å². The first-order valence-electron chi connectivity index (χ1n) is 8.58. The second kappa shape index (κ2) is 10.5. The minimum absolute atomic E-state index is 0.00455. The molecule has 0 amide bonds. The Morgan fingerprint density at radius 1 is 1.00 bits per heavy atom. The van der Waals surface area contributed by atoms with Gasteiger partial charge in [0.2, 0.25) is 0 Å². The average molecular weight is 396 g/mol. The fourth-order valence-corrected chi connectivity index (χ4v) is 2.24. The number of esters is 2. The van der Waals surface area contributed by atoms with E-state index in [1.54, 1.807) is 36.4 Å². The fourth-order valence-electron chi connectivity index (χ4n) is 2.24. The molecule has 0 fully saturated rings. The van der Waals surface area contributed by atoms with Gasteiger partial charge >= 0.3 is 11.9 Å². The number of carbonyl (C=O) groups is 3. The predicted octanol–water partition coefficient (Wildman–Crippen LogP) is 3.17. The topological polar surface area (TPSA) is 99.1 Å². The Morgan fingerprint density at radius 3 is 2.45 bits per heavy atom. The molecule has 0 saturated carbocycles. The maximum atomic E-state index is 11.8. The zero-order chi connectivity index (χ0) is 21.2. The van der Waals surface area contributed by atoms with Crippen molar-refractivity contribution in [1.29, 1.82) is 0 Å². The molecule has 0 bridgehead atoms. The third-order valence-electron chi connectivity index (χ3n) is 3.55. The summed E-state index contributed by atoms with van der Waals surface area (Å²) in [5.41, 5.74) is 1.28. The monoisotopic (exact) mass is 396 g/mol. The van der Waals surface area contributed by atoms with Crippen molar-refractivity contribution in [2.45, 2.75) is 6.92 Å². The number of aromatic hydroxyl groups is 1. The molecule has 0 spiro atoms. The molecule has 2 rings (SSSR count). The van der Waals surface area contributed by atoms with Crippen LogP contribution in [0.25, 0.3) is 12.2 Å². The summed E-state index contributed by atoms with van der Waals surface area (Å²) < 4.78 is 14.8. The van der Waals surface area contributed by atoms with E-state index in [0.717, 1.165) is 0 Å². The van der Waals surface area contributed by atoms with Crippen LogP contribution >= 0.6 is 0 Å². The summed E-state index contributed by atoms with van der Waals surface area (Å²) in [5, 5.41) is 9.54.